The molecule has 7 nitrogen and oxygen atoms in total. The van der Waals surface area contributed by atoms with Crippen molar-refractivity contribution in [3.05, 3.63) is 0 Å². The normalized spacial score (nSPS) is 27.9. The number of carbonyl (C=O) groups excluding carboxylic acids is 1. The van der Waals surface area contributed by atoms with Crippen molar-refractivity contribution in [3.8, 4) is 0 Å². The van der Waals surface area contributed by atoms with Gasteiger partial charge in [0, 0.05) is 26.1 Å². The molecule has 0 aromatic heterocycles. The number of amides is 2. The Balaban J connectivity index is 1.70. The average Bonchev–Trinajstić information content (AvgIpc) is 2.67. The first-order chi connectivity index (χ1) is 8.56. The van der Waals surface area contributed by atoms with Crippen molar-refractivity contribution in [2.75, 3.05) is 19.6 Å². The summed E-state index contributed by atoms with van der Waals surface area (Å²) in [5, 5.41) is 20.2. The highest BCUT2D eigenvalue weighted by molar-refractivity contribution is 5.75. The van der Waals surface area contributed by atoms with Gasteiger partial charge in [0.1, 0.15) is 0 Å². The fourth-order valence-electron chi connectivity index (χ4n) is 2.33. The minimum absolute atomic E-state index is 0.0122. The Morgan fingerprint density at radius 1 is 1.33 bits per heavy atom. The molecule has 2 rings (SSSR count). The zero-order chi connectivity index (χ0) is 13.1. The predicted molar refractivity (Wildman–Crippen MR) is 61.1 cm³/mol. The minimum Gasteiger partial charge on any atom is -0.479 e. The van der Waals surface area contributed by atoms with E-state index in [-0.39, 0.29) is 31.2 Å². The van der Waals surface area contributed by atoms with Gasteiger partial charge in [-0.15, -0.1) is 0 Å². The summed E-state index contributed by atoms with van der Waals surface area (Å²) in [6.07, 6.45) is 0.848. The number of fused-ring (bicyclic) bond motifs is 2. The molecule has 0 radical (unpaired) electrons. The molecule has 7 heteroatoms. The maximum Gasteiger partial charge on any atom is 0.332 e. The summed E-state index contributed by atoms with van der Waals surface area (Å²) in [5.74, 6) is -1.27. The number of ether oxygens (including phenoxy) is 1. The van der Waals surface area contributed by atoms with Crippen LogP contribution in [0.3, 0.4) is 0 Å². The van der Waals surface area contributed by atoms with Gasteiger partial charge >= 0.3 is 12.0 Å². The molecule has 0 aliphatic carbocycles. The van der Waals surface area contributed by atoms with Crippen molar-refractivity contribution < 1.29 is 24.5 Å². The highest BCUT2D eigenvalue weighted by atomic mass is 16.5. The molecule has 0 spiro atoms. The predicted octanol–water partition coefficient (Wildman–Crippen LogP) is -0.605. The summed E-state index contributed by atoms with van der Waals surface area (Å²) in [7, 11) is 0. The molecule has 2 heterocycles. The molecule has 3 atom stereocenters. The number of aliphatic hydroxyl groups excluding tert-OH is 1. The molecule has 2 bridgehead atoms. The molecule has 2 aliphatic heterocycles. The van der Waals surface area contributed by atoms with Crippen molar-refractivity contribution in [2.24, 2.45) is 0 Å². The Morgan fingerprint density at radius 2 is 1.94 bits per heavy atom. The van der Waals surface area contributed by atoms with Gasteiger partial charge in [0.15, 0.2) is 6.10 Å². The second-order valence-corrected chi connectivity index (χ2v) is 4.74. The van der Waals surface area contributed by atoms with Crippen LogP contribution >= 0.6 is 0 Å². The average molecular weight is 258 g/mol. The second-order valence-electron chi connectivity index (χ2n) is 4.74. The number of morpholine rings is 1. The standard InChI is InChI=1S/C11H18N2O5/c14-9(10(15)16)3-4-12-11(17)13-5-7-1-2-8(6-13)18-7/h7-9,14H,1-6H2,(H,12,17)(H,15,16)/t7?,8?,9-/m0/s1. The number of hydrogen-bond acceptors (Lipinski definition) is 4. The Morgan fingerprint density at radius 3 is 2.50 bits per heavy atom. The fourth-order valence-corrected chi connectivity index (χ4v) is 2.33. The van der Waals surface area contributed by atoms with Crippen molar-refractivity contribution in [3.63, 3.8) is 0 Å². The van der Waals surface area contributed by atoms with E-state index in [1.807, 2.05) is 0 Å². The second kappa shape index (κ2) is 5.53. The van der Waals surface area contributed by atoms with Crippen LogP contribution in [0.2, 0.25) is 0 Å². The molecule has 3 N–H and O–H groups in total. The highest BCUT2D eigenvalue weighted by Gasteiger charge is 2.35. The van der Waals surface area contributed by atoms with Gasteiger partial charge in [0.2, 0.25) is 0 Å². The molecule has 102 valence electrons. The van der Waals surface area contributed by atoms with E-state index in [0.29, 0.717) is 13.1 Å². The first kappa shape index (κ1) is 13.1. The Hall–Kier alpha value is -1.34. The first-order valence-corrected chi connectivity index (χ1v) is 6.15. The van der Waals surface area contributed by atoms with Crippen molar-refractivity contribution in [1.29, 1.82) is 0 Å². The molecule has 18 heavy (non-hydrogen) atoms. The van der Waals surface area contributed by atoms with E-state index in [4.69, 9.17) is 14.9 Å². The number of nitrogens with zero attached hydrogens (tertiary/aromatic N) is 1. The quantitative estimate of drug-likeness (QED) is 0.625. The zero-order valence-electron chi connectivity index (χ0n) is 10.0. The number of carbonyl (C=O) groups is 2. The summed E-state index contributed by atoms with van der Waals surface area (Å²) in [6.45, 7) is 1.33. The van der Waals surface area contributed by atoms with Gasteiger partial charge in [-0.05, 0) is 12.8 Å². The van der Waals surface area contributed by atoms with Gasteiger partial charge in [-0.2, -0.15) is 0 Å². The smallest absolute Gasteiger partial charge is 0.332 e. The maximum atomic E-state index is 11.8. The third kappa shape index (κ3) is 3.11. The number of carboxylic acid groups (broad SMARTS) is 1. The molecule has 2 fully saturated rings. The molecule has 0 aromatic rings. The number of urea groups is 1. The van der Waals surface area contributed by atoms with Crippen molar-refractivity contribution in [1.82, 2.24) is 10.2 Å². The van der Waals surface area contributed by atoms with Gasteiger partial charge < -0.3 is 25.2 Å². The topological polar surface area (TPSA) is 99.1 Å². The Bertz CT molecular complexity index is 323. The number of likely N-dealkylation sites (tertiary alicyclic amines) is 1. The lowest BCUT2D eigenvalue weighted by molar-refractivity contribution is -0.146. The summed E-state index contributed by atoms with van der Waals surface area (Å²) in [5.41, 5.74) is 0. The fraction of sp³-hybridized carbons (Fsp3) is 0.818. The SMILES string of the molecule is O=C(O)[C@@H](O)CCNC(=O)N1CC2CCC(C1)O2. The maximum absolute atomic E-state index is 11.8. The van der Waals surface area contributed by atoms with E-state index in [1.165, 1.54) is 0 Å². The van der Waals surface area contributed by atoms with Crippen LogP contribution in [0, 0.1) is 0 Å². The molecule has 2 amide bonds. The van der Waals surface area contributed by atoms with E-state index in [2.05, 4.69) is 5.32 Å². The van der Waals surface area contributed by atoms with Gasteiger partial charge in [0.25, 0.3) is 0 Å². The van der Waals surface area contributed by atoms with Crippen LogP contribution in [0.5, 0.6) is 0 Å². The molecule has 2 saturated heterocycles. The van der Waals surface area contributed by atoms with E-state index in [0.717, 1.165) is 12.8 Å². The van der Waals surface area contributed by atoms with E-state index >= 15 is 0 Å². The number of carboxylic acids is 1. The summed E-state index contributed by atoms with van der Waals surface area (Å²) >= 11 is 0. The first-order valence-electron chi connectivity index (χ1n) is 6.15. The highest BCUT2D eigenvalue weighted by Crippen LogP contribution is 2.25. The largest absolute Gasteiger partial charge is 0.479 e. The summed E-state index contributed by atoms with van der Waals surface area (Å²) in [6, 6.07) is -0.215. The van der Waals surface area contributed by atoms with Crippen LogP contribution in [0.1, 0.15) is 19.3 Å². The number of aliphatic carboxylic acids is 1. The molecular formula is C11H18N2O5. The Labute approximate surface area is 105 Å². The van der Waals surface area contributed by atoms with E-state index in [9.17, 15) is 9.59 Å². The third-order valence-electron chi connectivity index (χ3n) is 3.31. The third-order valence-corrected chi connectivity index (χ3v) is 3.31. The lowest BCUT2D eigenvalue weighted by atomic mass is 10.2. The van der Waals surface area contributed by atoms with Crippen LogP contribution < -0.4 is 5.32 Å². The number of rotatable bonds is 4. The van der Waals surface area contributed by atoms with Crippen LogP contribution in [-0.2, 0) is 9.53 Å². The minimum atomic E-state index is -1.42. The number of aliphatic hydroxyl groups is 1. The zero-order valence-corrected chi connectivity index (χ0v) is 10.0. The van der Waals surface area contributed by atoms with Crippen LogP contribution in [0.15, 0.2) is 0 Å². The van der Waals surface area contributed by atoms with Gasteiger partial charge in [0.05, 0.1) is 12.2 Å². The molecule has 0 saturated carbocycles. The lowest BCUT2D eigenvalue weighted by Crippen LogP contribution is -2.50. The van der Waals surface area contributed by atoms with E-state index in [1.54, 1.807) is 4.90 Å². The van der Waals surface area contributed by atoms with E-state index < -0.39 is 12.1 Å². The molecule has 2 aliphatic rings. The van der Waals surface area contributed by atoms with Crippen LogP contribution in [0.25, 0.3) is 0 Å². The van der Waals surface area contributed by atoms with Crippen molar-refractivity contribution in [2.45, 2.75) is 37.6 Å². The van der Waals surface area contributed by atoms with Gasteiger partial charge in [-0.3, -0.25) is 0 Å². The molecule has 2 unspecified atom stereocenters. The molecular weight excluding hydrogens is 240 g/mol. The summed E-state index contributed by atoms with van der Waals surface area (Å²) in [4.78, 5) is 23.9. The van der Waals surface area contributed by atoms with Gasteiger partial charge in [-0.1, -0.05) is 0 Å². The number of nitrogens with one attached hydrogen (secondary N) is 1. The van der Waals surface area contributed by atoms with Crippen LogP contribution in [-0.4, -0.2) is 65.1 Å². The number of hydrogen-bond donors (Lipinski definition) is 3. The monoisotopic (exact) mass is 258 g/mol. The lowest BCUT2D eigenvalue weighted by Gasteiger charge is -2.32. The van der Waals surface area contributed by atoms with Gasteiger partial charge in [-0.25, -0.2) is 9.59 Å². The van der Waals surface area contributed by atoms with Crippen molar-refractivity contribution >= 4 is 12.0 Å². The molecule has 0 aromatic carbocycles. The van der Waals surface area contributed by atoms with Crippen LogP contribution in [0.4, 0.5) is 4.79 Å². The Kier molecular flexibility index (Phi) is 4.03. The summed E-state index contributed by atoms with van der Waals surface area (Å²) < 4.78 is 5.61.